The molecule has 0 spiro atoms. The molecule has 1 saturated heterocycles. The van der Waals surface area contributed by atoms with Gasteiger partial charge in [0, 0.05) is 11.5 Å². The zero-order valence-corrected chi connectivity index (χ0v) is 12.7. The van der Waals surface area contributed by atoms with Crippen LogP contribution in [0.25, 0.3) is 0 Å². The van der Waals surface area contributed by atoms with E-state index in [1.54, 1.807) is 0 Å². The van der Waals surface area contributed by atoms with Crippen LogP contribution in [0.2, 0.25) is 0 Å². The van der Waals surface area contributed by atoms with Gasteiger partial charge in [0.05, 0.1) is 0 Å². The average Bonchev–Trinajstić information content (AvgIpc) is 2.27. The van der Waals surface area contributed by atoms with Gasteiger partial charge in [-0.05, 0) is 53.8 Å². The molecule has 0 bridgehead atoms. The second kappa shape index (κ2) is 11.9. The summed E-state index contributed by atoms with van der Waals surface area (Å²) in [5, 5.41) is 0. The fourth-order valence-electron chi connectivity index (χ4n) is 1.32. The van der Waals surface area contributed by atoms with Crippen LogP contribution in [-0.4, -0.2) is 46.0 Å². The van der Waals surface area contributed by atoms with Crippen molar-refractivity contribution >= 4 is 47.0 Å². The molecule has 0 aromatic heterocycles. The third kappa shape index (κ3) is 10.3. The molecule has 1 fully saturated rings. The first kappa shape index (κ1) is 14.5. The predicted octanol–water partition coefficient (Wildman–Crippen LogP) is 4.10. The number of hydrogen-bond donors (Lipinski definition) is 0. The van der Waals surface area contributed by atoms with Crippen LogP contribution in [0, 0.1) is 0 Å². The van der Waals surface area contributed by atoms with Crippen molar-refractivity contribution in [3.63, 3.8) is 0 Å². The molecule has 0 radical (unpaired) electrons. The minimum absolute atomic E-state index is 1.36. The van der Waals surface area contributed by atoms with Crippen LogP contribution in [0.3, 0.4) is 0 Å². The van der Waals surface area contributed by atoms with Crippen LogP contribution in [0.4, 0.5) is 0 Å². The molecule has 15 heavy (non-hydrogen) atoms. The van der Waals surface area contributed by atoms with Crippen molar-refractivity contribution in [2.45, 2.75) is 19.3 Å². The monoisotopic (exact) mass is 282 g/mol. The molecule has 0 nitrogen and oxygen atoms in total. The third-order valence-corrected chi connectivity index (χ3v) is 6.81. The van der Waals surface area contributed by atoms with Crippen molar-refractivity contribution in [3.8, 4) is 0 Å². The SMILES string of the molecule is C1CSCCCSCCSCCCSC1. The normalized spacial score (nSPS) is 24.0. The van der Waals surface area contributed by atoms with Gasteiger partial charge in [-0.15, -0.1) is 0 Å². The Balaban J connectivity index is 2.01. The van der Waals surface area contributed by atoms with E-state index in [2.05, 4.69) is 47.0 Å². The highest BCUT2D eigenvalue weighted by Crippen LogP contribution is 2.15. The van der Waals surface area contributed by atoms with Crippen LogP contribution in [0.15, 0.2) is 0 Å². The summed E-state index contributed by atoms with van der Waals surface area (Å²) < 4.78 is 0. The molecule has 0 atom stereocenters. The lowest BCUT2D eigenvalue weighted by atomic mass is 10.6. The lowest BCUT2D eigenvalue weighted by Crippen LogP contribution is -1.91. The van der Waals surface area contributed by atoms with E-state index in [-0.39, 0.29) is 0 Å². The second-order valence-corrected chi connectivity index (χ2v) is 8.41. The summed E-state index contributed by atoms with van der Waals surface area (Å²) in [6, 6.07) is 0. The highest BCUT2D eigenvalue weighted by Gasteiger charge is 1.96. The topological polar surface area (TPSA) is 0 Å². The van der Waals surface area contributed by atoms with Gasteiger partial charge in [-0.2, -0.15) is 47.0 Å². The molecule has 0 amide bonds. The molecule has 0 saturated carbocycles. The van der Waals surface area contributed by atoms with E-state index in [0.29, 0.717) is 0 Å². The molecule has 1 heterocycles. The van der Waals surface area contributed by atoms with Gasteiger partial charge in [0.15, 0.2) is 0 Å². The van der Waals surface area contributed by atoms with E-state index in [4.69, 9.17) is 0 Å². The third-order valence-electron chi connectivity index (χ3n) is 2.10. The zero-order valence-electron chi connectivity index (χ0n) is 9.41. The van der Waals surface area contributed by atoms with Crippen molar-refractivity contribution < 1.29 is 0 Å². The van der Waals surface area contributed by atoms with Crippen molar-refractivity contribution in [3.05, 3.63) is 0 Å². The van der Waals surface area contributed by atoms with Gasteiger partial charge in [-0.1, -0.05) is 0 Å². The van der Waals surface area contributed by atoms with Gasteiger partial charge in [0.2, 0.25) is 0 Å². The van der Waals surface area contributed by atoms with Crippen LogP contribution >= 0.6 is 47.0 Å². The molecule has 1 aliphatic heterocycles. The van der Waals surface area contributed by atoms with Gasteiger partial charge < -0.3 is 0 Å². The second-order valence-electron chi connectivity index (χ2n) is 3.51. The minimum atomic E-state index is 1.36. The van der Waals surface area contributed by atoms with Gasteiger partial charge in [0.25, 0.3) is 0 Å². The first-order valence-electron chi connectivity index (χ1n) is 5.81. The van der Waals surface area contributed by atoms with Crippen molar-refractivity contribution in [1.29, 1.82) is 0 Å². The Morgan fingerprint density at radius 1 is 0.333 bits per heavy atom. The Kier molecular flexibility index (Phi) is 11.4. The summed E-state index contributed by atoms with van der Waals surface area (Å²) >= 11 is 8.60. The van der Waals surface area contributed by atoms with E-state index < -0.39 is 0 Å². The maximum absolute atomic E-state index is 2.15. The fraction of sp³-hybridized carbons (Fsp3) is 1.00. The fourth-order valence-corrected chi connectivity index (χ4v) is 5.71. The lowest BCUT2D eigenvalue weighted by molar-refractivity contribution is 1.08. The molecule has 4 heteroatoms. The van der Waals surface area contributed by atoms with E-state index in [1.165, 1.54) is 65.3 Å². The van der Waals surface area contributed by atoms with E-state index in [1.807, 2.05) is 0 Å². The van der Waals surface area contributed by atoms with Crippen LogP contribution in [0.1, 0.15) is 19.3 Å². The molecule has 0 aromatic carbocycles. The molecular formula is C11H22S4. The molecule has 0 aliphatic carbocycles. The first-order valence-corrected chi connectivity index (χ1v) is 10.4. The lowest BCUT2D eigenvalue weighted by Gasteiger charge is -2.01. The zero-order chi connectivity index (χ0) is 10.6. The highest BCUT2D eigenvalue weighted by atomic mass is 32.2. The van der Waals surface area contributed by atoms with Gasteiger partial charge >= 0.3 is 0 Å². The smallest absolute Gasteiger partial charge is 0.00235 e. The quantitative estimate of drug-likeness (QED) is 0.655. The van der Waals surface area contributed by atoms with Crippen LogP contribution in [0.5, 0.6) is 0 Å². The van der Waals surface area contributed by atoms with E-state index in [0.717, 1.165) is 0 Å². The maximum atomic E-state index is 2.15. The molecule has 0 unspecified atom stereocenters. The van der Waals surface area contributed by atoms with E-state index >= 15 is 0 Å². The largest absolute Gasteiger partial charge is 0.162 e. The summed E-state index contributed by atoms with van der Waals surface area (Å²) in [6.45, 7) is 0. The molecule has 0 N–H and O–H groups in total. The Bertz CT molecular complexity index is 71.2. The standard InChI is InChI=1S/C11H22S4/c1-4-12-6-2-8-14-10-11-15-9-3-7-13-5-1/h1-11H2. The predicted molar refractivity (Wildman–Crippen MR) is 83.2 cm³/mol. The molecular weight excluding hydrogens is 260 g/mol. The van der Waals surface area contributed by atoms with Gasteiger partial charge in [-0.25, -0.2) is 0 Å². The number of rotatable bonds is 0. The summed E-state index contributed by atoms with van der Waals surface area (Å²) in [7, 11) is 0. The Morgan fingerprint density at radius 2 is 0.600 bits per heavy atom. The summed E-state index contributed by atoms with van der Waals surface area (Å²) in [5.41, 5.74) is 0. The molecule has 90 valence electrons. The van der Waals surface area contributed by atoms with Crippen molar-refractivity contribution in [2.75, 3.05) is 46.0 Å². The van der Waals surface area contributed by atoms with E-state index in [9.17, 15) is 0 Å². The molecule has 1 aliphatic rings. The van der Waals surface area contributed by atoms with Crippen molar-refractivity contribution in [2.24, 2.45) is 0 Å². The number of thioether (sulfide) groups is 4. The highest BCUT2D eigenvalue weighted by molar-refractivity contribution is 8.03. The van der Waals surface area contributed by atoms with Gasteiger partial charge in [-0.3, -0.25) is 0 Å². The Labute approximate surface area is 112 Å². The maximum Gasteiger partial charge on any atom is 0.00235 e. The van der Waals surface area contributed by atoms with Crippen molar-refractivity contribution in [1.82, 2.24) is 0 Å². The van der Waals surface area contributed by atoms with Gasteiger partial charge in [0.1, 0.15) is 0 Å². The summed E-state index contributed by atoms with van der Waals surface area (Å²) in [4.78, 5) is 0. The Morgan fingerprint density at radius 3 is 0.933 bits per heavy atom. The Hall–Kier alpha value is 1.40. The average molecular weight is 283 g/mol. The summed E-state index contributed by atoms with van der Waals surface area (Å²) in [5.74, 6) is 11.0. The first-order chi connectivity index (χ1) is 7.50. The minimum Gasteiger partial charge on any atom is -0.162 e. The van der Waals surface area contributed by atoms with Crippen LogP contribution < -0.4 is 0 Å². The molecule has 0 aromatic rings. The summed E-state index contributed by atoms with van der Waals surface area (Å²) in [6.07, 6.45) is 4.23. The molecule has 1 rings (SSSR count). The number of hydrogen-bond acceptors (Lipinski definition) is 4. The van der Waals surface area contributed by atoms with Crippen LogP contribution in [-0.2, 0) is 0 Å².